The molecule has 0 aliphatic carbocycles. The normalized spacial score (nSPS) is 23.4. The molecule has 2 saturated heterocycles. The van der Waals surface area contributed by atoms with Gasteiger partial charge in [0, 0.05) is 32.1 Å². The lowest BCUT2D eigenvalue weighted by atomic mass is 9.93. The highest BCUT2D eigenvalue weighted by Crippen LogP contribution is 2.23. The van der Waals surface area contributed by atoms with Gasteiger partial charge >= 0.3 is 6.18 Å². The van der Waals surface area contributed by atoms with Crippen molar-refractivity contribution in [3.8, 4) is 0 Å². The SMILES string of the molecule is CC1CCCN(C(=O)C2CCN(C(=O)COCC(F)(F)F)CC2)C1. The van der Waals surface area contributed by atoms with Gasteiger partial charge in [-0.25, -0.2) is 0 Å². The Morgan fingerprint density at radius 1 is 1.08 bits per heavy atom. The summed E-state index contributed by atoms with van der Waals surface area (Å²) in [6, 6.07) is 0. The molecule has 8 heteroatoms. The van der Waals surface area contributed by atoms with Crippen molar-refractivity contribution in [3.05, 3.63) is 0 Å². The van der Waals surface area contributed by atoms with Gasteiger partial charge in [0.25, 0.3) is 0 Å². The molecular weight excluding hydrogens is 325 g/mol. The highest BCUT2D eigenvalue weighted by molar-refractivity contribution is 5.80. The van der Waals surface area contributed by atoms with Gasteiger partial charge in [-0.05, 0) is 31.6 Å². The van der Waals surface area contributed by atoms with E-state index in [4.69, 9.17) is 0 Å². The van der Waals surface area contributed by atoms with E-state index in [-0.39, 0.29) is 11.8 Å². The van der Waals surface area contributed by atoms with Crippen LogP contribution in [-0.4, -0.2) is 67.2 Å². The van der Waals surface area contributed by atoms with Gasteiger partial charge in [0.15, 0.2) is 0 Å². The number of ether oxygens (including phenoxy) is 1. The zero-order valence-corrected chi connectivity index (χ0v) is 14.0. The molecule has 0 spiro atoms. The molecule has 2 rings (SSSR count). The van der Waals surface area contributed by atoms with Gasteiger partial charge in [0.05, 0.1) is 0 Å². The summed E-state index contributed by atoms with van der Waals surface area (Å²) in [5, 5.41) is 0. The minimum Gasteiger partial charge on any atom is -0.362 e. The van der Waals surface area contributed by atoms with Crippen molar-refractivity contribution >= 4 is 11.8 Å². The first-order valence-electron chi connectivity index (χ1n) is 8.47. The second-order valence-corrected chi connectivity index (χ2v) is 6.79. The van der Waals surface area contributed by atoms with Crippen LogP contribution >= 0.6 is 0 Å². The van der Waals surface area contributed by atoms with Crippen LogP contribution in [0.3, 0.4) is 0 Å². The zero-order chi connectivity index (χ0) is 17.7. The van der Waals surface area contributed by atoms with Crippen molar-refractivity contribution in [2.75, 3.05) is 39.4 Å². The predicted octanol–water partition coefficient (Wildman–Crippen LogP) is 2.06. The molecule has 0 saturated carbocycles. The Bertz CT molecular complexity index is 448. The van der Waals surface area contributed by atoms with E-state index in [2.05, 4.69) is 11.7 Å². The van der Waals surface area contributed by atoms with Crippen LogP contribution in [0.25, 0.3) is 0 Å². The van der Waals surface area contributed by atoms with Crippen molar-refractivity contribution in [1.29, 1.82) is 0 Å². The number of alkyl halides is 3. The Morgan fingerprint density at radius 2 is 1.75 bits per heavy atom. The fourth-order valence-corrected chi connectivity index (χ4v) is 3.37. The number of rotatable bonds is 4. The van der Waals surface area contributed by atoms with E-state index in [1.807, 2.05) is 4.90 Å². The molecule has 2 aliphatic rings. The summed E-state index contributed by atoms with van der Waals surface area (Å²) in [7, 11) is 0. The Balaban J connectivity index is 1.72. The molecule has 0 aromatic rings. The first-order valence-corrected chi connectivity index (χ1v) is 8.47. The Kier molecular flexibility index (Phi) is 6.48. The molecule has 2 fully saturated rings. The number of hydrogen-bond donors (Lipinski definition) is 0. The second-order valence-electron chi connectivity index (χ2n) is 6.79. The molecule has 138 valence electrons. The highest BCUT2D eigenvalue weighted by atomic mass is 19.4. The molecule has 0 radical (unpaired) electrons. The smallest absolute Gasteiger partial charge is 0.362 e. The summed E-state index contributed by atoms with van der Waals surface area (Å²) in [6.07, 6.45) is -1.12. The number of halogens is 3. The van der Waals surface area contributed by atoms with E-state index in [1.165, 1.54) is 4.90 Å². The van der Waals surface area contributed by atoms with E-state index >= 15 is 0 Å². The Hall–Kier alpha value is -1.31. The highest BCUT2D eigenvalue weighted by Gasteiger charge is 2.32. The maximum absolute atomic E-state index is 12.5. The van der Waals surface area contributed by atoms with Gasteiger partial charge in [-0.3, -0.25) is 9.59 Å². The molecule has 2 heterocycles. The lowest BCUT2D eigenvalue weighted by Gasteiger charge is -2.37. The first-order chi connectivity index (χ1) is 11.3. The minimum absolute atomic E-state index is 0.0876. The van der Waals surface area contributed by atoms with Gasteiger partial charge in [0.2, 0.25) is 11.8 Å². The lowest BCUT2D eigenvalue weighted by Crippen LogP contribution is -2.47. The van der Waals surface area contributed by atoms with Gasteiger partial charge < -0.3 is 14.5 Å². The fraction of sp³-hybridized carbons (Fsp3) is 0.875. The maximum Gasteiger partial charge on any atom is 0.411 e. The quantitative estimate of drug-likeness (QED) is 0.780. The van der Waals surface area contributed by atoms with Crippen molar-refractivity contribution < 1.29 is 27.5 Å². The summed E-state index contributed by atoms with van der Waals surface area (Å²) in [6.45, 7) is 2.54. The zero-order valence-electron chi connectivity index (χ0n) is 14.0. The van der Waals surface area contributed by atoms with E-state index < -0.39 is 25.3 Å². The molecule has 2 amide bonds. The van der Waals surface area contributed by atoms with Crippen LogP contribution in [0.5, 0.6) is 0 Å². The molecule has 0 aromatic carbocycles. The third-order valence-corrected chi connectivity index (χ3v) is 4.66. The summed E-state index contributed by atoms with van der Waals surface area (Å²) >= 11 is 0. The number of carbonyl (C=O) groups is 2. The average molecular weight is 350 g/mol. The van der Waals surface area contributed by atoms with E-state index in [0.29, 0.717) is 31.8 Å². The predicted molar refractivity (Wildman–Crippen MR) is 81.2 cm³/mol. The molecule has 1 unspecified atom stereocenters. The third kappa shape index (κ3) is 5.65. The average Bonchev–Trinajstić information content (AvgIpc) is 2.53. The molecule has 5 nitrogen and oxygen atoms in total. The standard InChI is InChI=1S/C16H25F3N2O3/c1-12-3-2-6-21(9-12)15(23)13-4-7-20(8-5-13)14(22)10-24-11-16(17,18)19/h12-13H,2-11H2,1H3. The van der Waals surface area contributed by atoms with Crippen LogP contribution in [0.1, 0.15) is 32.6 Å². The van der Waals surface area contributed by atoms with Crippen molar-refractivity contribution in [2.24, 2.45) is 11.8 Å². The summed E-state index contributed by atoms with van der Waals surface area (Å²) < 4.78 is 40.4. The number of likely N-dealkylation sites (tertiary alicyclic amines) is 2. The summed E-state index contributed by atoms with van der Waals surface area (Å²) in [5.41, 5.74) is 0. The summed E-state index contributed by atoms with van der Waals surface area (Å²) in [4.78, 5) is 27.8. The monoisotopic (exact) mass is 350 g/mol. The first kappa shape index (κ1) is 19.0. The molecule has 0 bridgehead atoms. The molecule has 24 heavy (non-hydrogen) atoms. The van der Waals surface area contributed by atoms with Crippen LogP contribution in [-0.2, 0) is 14.3 Å². The maximum atomic E-state index is 12.5. The van der Waals surface area contributed by atoms with E-state index in [0.717, 1.165) is 25.9 Å². The second kappa shape index (κ2) is 8.18. The summed E-state index contributed by atoms with van der Waals surface area (Å²) in [5.74, 6) is 0.143. The van der Waals surface area contributed by atoms with Gasteiger partial charge in [-0.2, -0.15) is 13.2 Å². The van der Waals surface area contributed by atoms with Crippen LogP contribution in [0.2, 0.25) is 0 Å². The fourth-order valence-electron chi connectivity index (χ4n) is 3.37. The minimum atomic E-state index is -4.43. The Labute approximate surface area is 140 Å². The topological polar surface area (TPSA) is 49.9 Å². The van der Waals surface area contributed by atoms with Crippen LogP contribution < -0.4 is 0 Å². The molecule has 0 N–H and O–H groups in total. The van der Waals surface area contributed by atoms with Crippen LogP contribution in [0, 0.1) is 11.8 Å². The van der Waals surface area contributed by atoms with Gasteiger partial charge in [-0.1, -0.05) is 6.92 Å². The number of nitrogens with zero attached hydrogens (tertiary/aromatic N) is 2. The molecule has 1 atom stereocenters. The van der Waals surface area contributed by atoms with Crippen LogP contribution in [0.4, 0.5) is 13.2 Å². The van der Waals surface area contributed by atoms with E-state index in [9.17, 15) is 22.8 Å². The van der Waals surface area contributed by atoms with Gasteiger partial charge in [-0.15, -0.1) is 0 Å². The Morgan fingerprint density at radius 3 is 2.33 bits per heavy atom. The van der Waals surface area contributed by atoms with Crippen molar-refractivity contribution in [2.45, 2.75) is 38.8 Å². The number of piperidine rings is 2. The van der Waals surface area contributed by atoms with E-state index in [1.54, 1.807) is 0 Å². The molecular formula is C16H25F3N2O3. The van der Waals surface area contributed by atoms with Crippen LogP contribution in [0.15, 0.2) is 0 Å². The van der Waals surface area contributed by atoms with Gasteiger partial charge in [0.1, 0.15) is 13.2 Å². The molecule has 2 aliphatic heterocycles. The lowest BCUT2D eigenvalue weighted by molar-refractivity contribution is -0.178. The van der Waals surface area contributed by atoms with Crippen molar-refractivity contribution in [3.63, 3.8) is 0 Å². The largest absolute Gasteiger partial charge is 0.411 e. The number of hydrogen-bond acceptors (Lipinski definition) is 3. The van der Waals surface area contributed by atoms with Crippen molar-refractivity contribution in [1.82, 2.24) is 9.80 Å². The third-order valence-electron chi connectivity index (χ3n) is 4.66. The molecule has 0 aromatic heterocycles. The number of amides is 2. The number of carbonyl (C=O) groups excluding carboxylic acids is 2.